The van der Waals surface area contributed by atoms with E-state index in [-0.39, 0.29) is 0 Å². The highest BCUT2D eigenvalue weighted by Crippen LogP contribution is 2.32. The third-order valence-corrected chi connectivity index (χ3v) is 3.32. The molecular formula is C15H17ClN2O. The molecule has 0 aliphatic rings. The fraction of sp³-hybridized carbons (Fsp3) is 0.333. The van der Waals surface area contributed by atoms with Crippen LogP contribution in [0.25, 0.3) is 0 Å². The number of halogens is 1. The lowest BCUT2D eigenvalue weighted by atomic mass is 10.1. The molecule has 4 heteroatoms. The number of ether oxygens (including phenoxy) is 1. The van der Waals surface area contributed by atoms with Crippen LogP contribution in [0.4, 0.5) is 0 Å². The van der Waals surface area contributed by atoms with E-state index >= 15 is 0 Å². The van der Waals surface area contributed by atoms with Crippen molar-refractivity contribution in [3.8, 4) is 11.6 Å². The van der Waals surface area contributed by atoms with Crippen LogP contribution in [-0.2, 0) is 0 Å². The Hall–Kier alpha value is -1.61. The van der Waals surface area contributed by atoms with Crippen molar-refractivity contribution < 1.29 is 4.74 Å². The van der Waals surface area contributed by atoms with Crippen molar-refractivity contribution in [2.75, 3.05) is 0 Å². The summed E-state index contributed by atoms with van der Waals surface area (Å²) in [4.78, 5) is 8.42. The van der Waals surface area contributed by atoms with Gasteiger partial charge in [-0.05, 0) is 45.7 Å². The molecule has 1 heterocycles. The van der Waals surface area contributed by atoms with E-state index in [2.05, 4.69) is 29.0 Å². The second-order valence-electron chi connectivity index (χ2n) is 4.82. The van der Waals surface area contributed by atoms with Crippen LogP contribution in [0.1, 0.15) is 28.1 Å². The second-order valence-corrected chi connectivity index (χ2v) is 5.18. The summed E-state index contributed by atoms with van der Waals surface area (Å²) in [5.74, 6) is 1.96. The molecule has 0 radical (unpaired) electrons. The van der Waals surface area contributed by atoms with Crippen molar-refractivity contribution in [3.63, 3.8) is 0 Å². The molecule has 3 nitrogen and oxygen atoms in total. The molecule has 1 aromatic heterocycles. The first kappa shape index (κ1) is 13.8. The Bertz CT molecular complexity index is 615. The zero-order valence-electron chi connectivity index (χ0n) is 11.8. The van der Waals surface area contributed by atoms with E-state index in [4.69, 9.17) is 16.3 Å². The zero-order valence-corrected chi connectivity index (χ0v) is 12.6. The first-order chi connectivity index (χ1) is 8.88. The molecule has 100 valence electrons. The molecule has 0 unspecified atom stereocenters. The summed E-state index contributed by atoms with van der Waals surface area (Å²) in [6, 6.07) is 4.18. The molecule has 2 aromatic rings. The number of aryl methyl sites for hydroxylation is 4. The van der Waals surface area contributed by atoms with Gasteiger partial charge in [0.2, 0.25) is 5.88 Å². The van der Waals surface area contributed by atoms with Gasteiger partial charge in [0.1, 0.15) is 16.7 Å². The molecule has 0 saturated carbocycles. The fourth-order valence-electron chi connectivity index (χ4n) is 2.09. The summed E-state index contributed by atoms with van der Waals surface area (Å²) in [6.45, 7) is 9.78. The molecule has 2 rings (SSSR count). The average molecular weight is 277 g/mol. The molecule has 1 aromatic carbocycles. The summed E-state index contributed by atoms with van der Waals surface area (Å²) < 4.78 is 5.95. The Kier molecular flexibility index (Phi) is 3.76. The molecule has 0 saturated heterocycles. The monoisotopic (exact) mass is 276 g/mol. The number of nitrogens with zero attached hydrogens (tertiary/aromatic N) is 2. The van der Waals surface area contributed by atoms with E-state index in [0.717, 1.165) is 22.4 Å². The standard InChI is InChI=1S/C15H17ClN2O/c1-8-6-9(2)13(10(3)7-8)19-15-11(4)14(16)17-12(5)18-15/h6-7H,1-5H3. The average Bonchev–Trinajstić information content (AvgIpc) is 2.29. The highest BCUT2D eigenvalue weighted by atomic mass is 35.5. The Balaban J connectivity index is 2.48. The van der Waals surface area contributed by atoms with E-state index in [1.807, 2.05) is 20.8 Å². The SMILES string of the molecule is Cc1cc(C)c(Oc2nc(C)nc(Cl)c2C)c(C)c1. The quantitative estimate of drug-likeness (QED) is 0.760. The van der Waals surface area contributed by atoms with Gasteiger partial charge in [-0.15, -0.1) is 0 Å². The molecule has 0 aliphatic heterocycles. The highest BCUT2D eigenvalue weighted by Gasteiger charge is 2.12. The maximum Gasteiger partial charge on any atom is 0.227 e. The molecule has 0 spiro atoms. The third kappa shape index (κ3) is 2.87. The van der Waals surface area contributed by atoms with E-state index in [0.29, 0.717) is 16.9 Å². The molecule has 19 heavy (non-hydrogen) atoms. The first-order valence-corrected chi connectivity index (χ1v) is 6.52. The Morgan fingerprint density at radius 1 is 0.947 bits per heavy atom. The largest absolute Gasteiger partial charge is 0.438 e. The van der Waals surface area contributed by atoms with E-state index in [1.165, 1.54) is 5.56 Å². The molecular weight excluding hydrogens is 260 g/mol. The van der Waals surface area contributed by atoms with E-state index < -0.39 is 0 Å². The van der Waals surface area contributed by atoms with Gasteiger partial charge in [-0.25, -0.2) is 4.98 Å². The second kappa shape index (κ2) is 5.17. The van der Waals surface area contributed by atoms with Gasteiger partial charge in [0.05, 0.1) is 0 Å². The van der Waals surface area contributed by atoms with E-state index in [1.54, 1.807) is 6.92 Å². The molecule has 0 amide bonds. The first-order valence-electron chi connectivity index (χ1n) is 6.15. The Labute approximate surface area is 118 Å². The molecule has 0 N–H and O–H groups in total. The summed E-state index contributed by atoms with van der Waals surface area (Å²) in [5, 5.41) is 0.435. The lowest BCUT2D eigenvalue weighted by Crippen LogP contribution is -2.00. The number of rotatable bonds is 2. The minimum atomic E-state index is 0.435. The van der Waals surface area contributed by atoms with Gasteiger partial charge in [0, 0.05) is 5.56 Å². The topological polar surface area (TPSA) is 35.0 Å². The summed E-state index contributed by atoms with van der Waals surface area (Å²) in [6.07, 6.45) is 0. The molecule has 0 aliphatic carbocycles. The minimum absolute atomic E-state index is 0.435. The van der Waals surface area contributed by atoms with Crippen LogP contribution in [0.15, 0.2) is 12.1 Å². The predicted octanol–water partition coefficient (Wildman–Crippen LogP) is 4.46. The fourth-order valence-corrected chi connectivity index (χ4v) is 2.30. The van der Waals surface area contributed by atoms with E-state index in [9.17, 15) is 0 Å². The summed E-state index contributed by atoms with van der Waals surface area (Å²) in [5.41, 5.74) is 4.15. The van der Waals surface area contributed by atoms with Gasteiger partial charge in [-0.1, -0.05) is 29.3 Å². The number of hydrogen-bond acceptors (Lipinski definition) is 3. The van der Waals surface area contributed by atoms with Crippen molar-refractivity contribution in [2.24, 2.45) is 0 Å². The van der Waals surface area contributed by atoms with Crippen molar-refractivity contribution in [2.45, 2.75) is 34.6 Å². The van der Waals surface area contributed by atoms with Crippen molar-refractivity contribution in [1.82, 2.24) is 9.97 Å². The van der Waals surface area contributed by atoms with Gasteiger partial charge in [-0.3, -0.25) is 0 Å². The van der Waals surface area contributed by atoms with Crippen molar-refractivity contribution >= 4 is 11.6 Å². The van der Waals surface area contributed by atoms with Gasteiger partial charge < -0.3 is 4.74 Å². The van der Waals surface area contributed by atoms with Crippen LogP contribution in [0.2, 0.25) is 5.15 Å². The number of benzene rings is 1. The predicted molar refractivity (Wildman–Crippen MR) is 77.2 cm³/mol. The molecule has 0 fully saturated rings. The van der Waals surface area contributed by atoms with Crippen LogP contribution in [0.5, 0.6) is 11.6 Å². The zero-order chi connectivity index (χ0) is 14.2. The molecule has 0 bridgehead atoms. The molecule has 0 atom stereocenters. The Morgan fingerprint density at radius 3 is 2.11 bits per heavy atom. The van der Waals surface area contributed by atoms with Gasteiger partial charge in [-0.2, -0.15) is 4.98 Å². The van der Waals surface area contributed by atoms with Crippen molar-refractivity contribution in [3.05, 3.63) is 45.4 Å². The maximum absolute atomic E-state index is 6.06. The van der Waals surface area contributed by atoms with Crippen LogP contribution in [-0.4, -0.2) is 9.97 Å². The van der Waals surface area contributed by atoms with Gasteiger partial charge >= 0.3 is 0 Å². The number of aromatic nitrogens is 2. The highest BCUT2D eigenvalue weighted by molar-refractivity contribution is 6.30. The minimum Gasteiger partial charge on any atom is -0.438 e. The van der Waals surface area contributed by atoms with Crippen LogP contribution in [0, 0.1) is 34.6 Å². The van der Waals surface area contributed by atoms with Crippen molar-refractivity contribution in [1.29, 1.82) is 0 Å². The third-order valence-electron chi connectivity index (χ3n) is 2.96. The van der Waals surface area contributed by atoms with Crippen LogP contribution < -0.4 is 4.74 Å². The lowest BCUT2D eigenvalue weighted by molar-refractivity contribution is 0.449. The van der Waals surface area contributed by atoms with Crippen LogP contribution in [0.3, 0.4) is 0 Å². The number of hydrogen-bond donors (Lipinski definition) is 0. The van der Waals surface area contributed by atoms with Crippen LogP contribution >= 0.6 is 11.6 Å². The smallest absolute Gasteiger partial charge is 0.227 e. The van der Waals surface area contributed by atoms with Gasteiger partial charge in [0.25, 0.3) is 0 Å². The summed E-state index contributed by atoms with van der Waals surface area (Å²) in [7, 11) is 0. The van der Waals surface area contributed by atoms with Gasteiger partial charge in [0.15, 0.2) is 0 Å². The normalized spacial score (nSPS) is 10.6. The Morgan fingerprint density at radius 2 is 1.53 bits per heavy atom. The lowest BCUT2D eigenvalue weighted by Gasteiger charge is -2.14. The maximum atomic E-state index is 6.06. The summed E-state index contributed by atoms with van der Waals surface area (Å²) >= 11 is 6.06.